The number of sulfonamides is 1. The first-order chi connectivity index (χ1) is 9.99. The molecule has 2 aliphatic carbocycles. The number of Topliss-reactive ketones (excluding diaryl/α,β-unsaturated/α-hetero) is 1. The van der Waals surface area contributed by atoms with Crippen LogP contribution in [0.5, 0.6) is 0 Å². The van der Waals surface area contributed by atoms with Crippen LogP contribution in [-0.2, 0) is 10.0 Å². The molecule has 2 aliphatic rings. The Morgan fingerprint density at radius 2 is 2.10 bits per heavy atom. The van der Waals surface area contributed by atoms with Gasteiger partial charge in [0.25, 0.3) is 0 Å². The first kappa shape index (κ1) is 14.7. The molecule has 0 radical (unpaired) electrons. The lowest BCUT2D eigenvalue weighted by Crippen LogP contribution is -2.38. The standard InChI is InChI=1S/C16H21NO3S/c1-2-16(18)13-4-3-5-14(10-13)21(19,20)17-15-9-11-6-7-12(15)8-11/h3-5,10-12,15,17H,2,6-9H2,1H3. The van der Waals surface area contributed by atoms with Crippen LogP contribution in [0.4, 0.5) is 0 Å². The van der Waals surface area contributed by atoms with Gasteiger partial charge in [-0.3, -0.25) is 4.79 Å². The minimum absolute atomic E-state index is 0.0352. The Kier molecular flexibility index (Phi) is 3.88. The van der Waals surface area contributed by atoms with Crippen molar-refractivity contribution in [1.82, 2.24) is 4.72 Å². The topological polar surface area (TPSA) is 63.2 Å². The van der Waals surface area contributed by atoms with Crippen LogP contribution >= 0.6 is 0 Å². The van der Waals surface area contributed by atoms with Crippen LogP contribution in [0.15, 0.2) is 29.2 Å². The van der Waals surface area contributed by atoms with Gasteiger partial charge in [0, 0.05) is 18.0 Å². The van der Waals surface area contributed by atoms with E-state index in [1.54, 1.807) is 25.1 Å². The first-order valence-electron chi connectivity index (χ1n) is 7.65. The van der Waals surface area contributed by atoms with Gasteiger partial charge >= 0.3 is 0 Å². The zero-order chi connectivity index (χ0) is 15.0. The zero-order valence-corrected chi connectivity index (χ0v) is 13.0. The third-order valence-corrected chi connectivity index (χ3v) is 6.32. The zero-order valence-electron chi connectivity index (χ0n) is 12.2. The molecule has 5 heteroatoms. The van der Waals surface area contributed by atoms with Gasteiger partial charge in [-0.2, -0.15) is 0 Å². The summed E-state index contributed by atoms with van der Waals surface area (Å²) in [5.41, 5.74) is 0.466. The first-order valence-corrected chi connectivity index (χ1v) is 9.13. The van der Waals surface area contributed by atoms with Crippen LogP contribution in [-0.4, -0.2) is 20.2 Å². The summed E-state index contributed by atoms with van der Waals surface area (Å²) in [4.78, 5) is 11.9. The van der Waals surface area contributed by atoms with Gasteiger partial charge in [0.1, 0.15) is 0 Å². The van der Waals surface area contributed by atoms with E-state index in [0.29, 0.717) is 23.8 Å². The lowest BCUT2D eigenvalue weighted by molar-refractivity contribution is 0.0988. The number of hydrogen-bond acceptors (Lipinski definition) is 3. The van der Waals surface area contributed by atoms with Crippen molar-refractivity contribution in [2.45, 2.75) is 50.0 Å². The largest absolute Gasteiger partial charge is 0.294 e. The second-order valence-electron chi connectivity index (χ2n) is 6.21. The normalized spacial score (nSPS) is 28.0. The molecule has 3 unspecified atom stereocenters. The van der Waals surface area contributed by atoms with Gasteiger partial charge in [0.2, 0.25) is 10.0 Å². The van der Waals surface area contributed by atoms with Crippen molar-refractivity contribution in [2.24, 2.45) is 11.8 Å². The second kappa shape index (κ2) is 5.54. The maximum Gasteiger partial charge on any atom is 0.240 e. The summed E-state index contributed by atoms with van der Waals surface area (Å²) in [6.45, 7) is 1.77. The van der Waals surface area contributed by atoms with Crippen LogP contribution in [0, 0.1) is 11.8 Å². The number of rotatable bonds is 5. The summed E-state index contributed by atoms with van der Waals surface area (Å²) in [5, 5.41) is 0. The van der Waals surface area contributed by atoms with E-state index in [2.05, 4.69) is 4.72 Å². The molecular formula is C16H21NO3S. The molecule has 0 spiro atoms. The highest BCUT2D eigenvalue weighted by atomic mass is 32.2. The van der Waals surface area contributed by atoms with Crippen molar-refractivity contribution in [3.05, 3.63) is 29.8 Å². The molecule has 1 aromatic carbocycles. The maximum atomic E-state index is 12.5. The van der Waals surface area contributed by atoms with Gasteiger partial charge in [-0.25, -0.2) is 13.1 Å². The summed E-state index contributed by atoms with van der Waals surface area (Å²) in [6, 6.07) is 6.42. The van der Waals surface area contributed by atoms with E-state index < -0.39 is 10.0 Å². The summed E-state index contributed by atoms with van der Waals surface area (Å²) >= 11 is 0. The average Bonchev–Trinajstić information content (AvgIpc) is 3.08. The molecule has 3 atom stereocenters. The molecule has 3 rings (SSSR count). The Morgan fingerprint density at radius 3 is 2.71 bits per heavy atom. The number of carbonyl (C=O) groups excluding carboxylic acids is 1. The van der Waals surface area contributed by atoms with Crippen LogP contribution in [0.3, 0.4) is 0 Å². The Balaban J connectivity index is 1.80. The molecule has 1 aromatic rings. The van der Waals surface area contributed by atoms with Crippen molar-refractivity contribution in [3.8, 4) is 0 Å². The molecular weight excluding hydrogens is 286 g/mol. The molecule has 0 amide bonds. The van der Waals surface area contributed by atoms with Gasteiger partial charge in [-0.15, -0.1) is 0 Å². The molecule has 4 nitrogen and oxygen atoms in total. The number of benzene rings is 1. The summed E-state index contributed by atoms with van der Waals surface area (Å²) in [6.07, 6.45) is 4.86. The highest BCUT2D eigenvalue weighted by Crippen LogP contribution is 2.44. The Bertz CT molecular complexity index is 653. The van der Waals surface area contributed by atoms with Crippen molar-refractivity contribution in [1.29, 1.82) is 0 Å². The minimum atomic E-state index is -3.53. The summed E-state index contributed by atoms with van der Waals surface area (Å²) < 4.78 is 27.9. The van der Waals surface area contributed by atoms with Crippen molar-refractivity contribution >= 4 is 15.8 Å². The third kappa shape index (κ3) is 2.90. The maximum absolute atomic E-state index is 12.5. The van der Waals surface area contributed by atoms with Gasteiger partial charge in [0.05, 0.1) is 4.90 Å². The van der Waals surface area contributed by atoms with Gasteiger partial charge in [-0.1, -0.05) is 25.5 Å². The fourth-order valence-electron chi connectivity index (χ4n) is 3.70. The molecule has 2 saturated carbocycles. The lowest BCUT2D eigenvalue weighted by atomic mass is 9.96. The van der Waals surface area contributed by atoms with E-state index in [4.69, 9.17) is 0 Å². The predicted octanol–water partition coefficient (Wildman–Crippen LogP) is 2.75. The van der Waals surface area contributed by atoms with Gasteiger partial charge in [0.15, 0.2) is 5.78 Å². The lowest BCUT2D eigenvalue weighted by Gasteiger charge is -2.22. The molecule has 0 heterocycles. The molecule has 2 bridgehead atoms. The Hall–Kier alpha value is -1.20. The molecule has 0 aliphatic heterocycles. The minimum Gasteiger partial charge on any atom is -0.294 e. The summed E-state index contributed by atoms with van der Waals surface area (Å²) in [5.74, 6) is 1.15. The van der Waals surface area contributed by atoms with Crippen LogP contribution < -0.4 is 4.72 Å². The highest BCUT2D eigenvalue weighted by molar-refractivity contribution is 7.89. The van der Waals surface area contributed by atoms with E-state index in [0.717, 1.165) is 19.3 Å². The fraction of sp³-hybridized carbons (Fsp3) is 0.562. The monoisotopic (exact) mass is 307 g/mol. The van der Waals surface area contributed by atoms with Crippen molar-refractivity contribution < 1.29 is 13.2 Å². The SMILES string of the molecule is CCC(=O)c1cccc(S(=O)(=O)NC2CC3CCC2C3)c1. The average molecular weight is 307 g/mol. The quantitative estimate of drug-likeness (QED) is 0.851. The second-order valence-corrected chi connectivity index (χ2v) is 7.92. The van der Waals surface area contributed by atoms with Crippen LogP contribution in [0.1, 0.15) is 49.4 Å². The predicted molar refractivity (Wildman–Crippen MR) is 80.6 cm³/mol. The van der Waals surface area contributed by atoms with E-state index in [-0.39, 0.29) is 16.7 Å². The number of fused-ring (bicyclic) bond motifs is 2. The van der Waals surface area contributed by atoms with Crippen LogP contribution in [0.2, 0.25) is 0 Å². The van der Waals surface area contributed by atoms with Gasteiger partial charge in [-0.05, 0) is 43.2 Å². The van der Waals surface area contributed by atoms with Crippen molar-refractivity contribution in [2.75, 3.05) is 0 Å². The van der Waals surface area contributed by atoms with Crippen molar-refractivity contribution in [3.63, 3.8) is 0 Å². The van der Waals surface area contributed by atoms with E-state index >= 15 is 0 Å². The fourth-order valence-corrected chi connectivity index (χ4v) is 5.06. The number of carbonyl (C=O) groups is 1. The Labute approximate surface area is 126 Å². The smallest absolute Gasteiger partial charge is 0.240 e. The number of nitrogens with one attached hydrogen (secondary N) is 1. The molecule has 0 saturated heterocycles. The number of hydrogen-bond donors (Lipinski definition) is 1. The molecule has 1 N–H and O–H groups in total. The Morgan fingerprint density at radius 1 is 1.29 bits per heavy atom. The molecule has 2 fully saturated rings. The summed E-state index contributed by atoms with van der Waals surface area (Å²) in [7, 11) is -3.53. The highest BCUT2D eigenvalue weighted by Gasteiger charge is 2.41. The molecule has 114 valence electrons. The van der Waals surface area contributed by atoms with E-state index in [9.17, 15) is 13.2 Å². The number of ketones is 1. The third-order valence-electron chi connectivity index (χ3n) is 4.83. The molecule has 0 aromatic heterocycles. The molecule has 21 heavy (non-hydrogen) atoms. The van der Waals surface area contributed by atoms with E-state index in [1.807, 2.05) is 0 Å². The van der Waals surface area contributed by atoms with Crippen LogP contribution in [0.25, 0.3) is 0 Å². The van der Waals surface area contributed by atoms with Gasteiger partial charge < -0.3 is 0 Å². The van der Waals surface area contributed by atoms with E-state index in [1.165, 1.54) is 12.5 Å².